The van der Waals surface area contributed by atoms with Gasteiger partial charge in [-0.1, -0.05) is 13.0 Å². The number of nitrogens with one attached hydrogen (secondary N) is 1. The first-order valence-electron chi connectivity index (χ1n) is 5.78. The van der Waals surface area contributed by atoms with Crippen LogP contribution in [0.2, 0.25) is 0 Å². The van der Waals surface area contributed by atoms with Crippen molar-refractivity contribution in [3.63, 3.8) is 0 Å². The summed E-state index contributed by atoms with van der Waals surface area (Å²) in [6, 6.07) is 5.37. The lowest BCUT2D eigenvalue weighted by molar-refractivity contribution is -0.122. The van der Waals surface area contributed by atoms with Crippen LogP contribution in [-0.2, 0) is 10.4 Å². The summed E-state index contributed by atoms with van der Waals surface area (Å²) in [5.74, 6) is 0.485. The Kier molecular flexibility index (Phi) is 2.83. The van der Waals surface area contributed by atoms with E-state index >= 15 is 0 Å². The number of carbonyl (C=O) groups excluding carboxylic acids is 1. The number of benzene rings is 1. The first-order valence-corrected chi connectivity index (χ1v) is 5.78. The zero-order valence-electron chi connectivity index (χ0n) is 10.3. The highest BCUT2D eigenvalue weighted by atomic mass is 16.5. The fourth-order valence-electron chi connectivity index (χ4n) is 1.75. The predicted molar refractivity (Wildman–Crippen MR) is 65.0 cm³/mol. The van der Waals surface area contributed by atoms with E-state index in [-0.39, 0.29) is 5.91 Å². The van der Waals surface area contributed by atoms with Gasteiger partial charge >= 0.3 is 0 Å². The quantitative estimate of drug-likeness (QED) is 0.824. The van der Waals surface area contributed by atoms with Gasteiger partial charge in [-0.15, -0.1) is 0 Å². The predicted octanol–water partition coefficient (Wildman–Crippen LogP) is 2.02. The third-order valence-electron chi connectivity index (χ3n) is 3.22. The number of hydrogen-bond acceptors (Lipinski definition) is 3. The monoisotopic (exact) mass is 235 g/mol. The van der Waals surface area contributed by atoms with Crippen LogP contribution in [0.5, 0.6) is 5.75 Å². The van der Waals surface area contributed by atoms with E-state index < -0.39 is 11.7 Å². The largest absolute Gasteiger partial charge is 0.479 e. The van der Waals surface area contributed by atoms with Crippen LogP contribution in [-0.4, -0.2) is 17.1 Å². The van der Waals surface area contributed by atoms with Gasteiger partial charge in [-0.05, 0) is 38.0 Å². The van der Waals surface area contributed by atoms with E-state index in [9.17, 15) is 9.90 Å². The molecule has 17 heavy (non-hydrogen) atoms. The molecular formula is C13H17NO3. The van der Waals surface area contributed by atoms with Crippen molar-refractivity contribution in [2.24, 2.45) is 0 Å². The molecule has 1 aromatic rings. The van der Waals surface area contributed by atoms with E-state index in [1.54, 1.807) is 26.0 Å². The Labute approximate surface area is 101 Å². The van der Waals surface area contributed by atoms with Crippen molar-refractivity contribution in [1.82, 2.24) is 0 Å². The average molecular weight is 235 g/mol. The Morgan fingerprint density at radius 1 is 1.53 bits per heavy atom. The molecule has 1 aliphatic rings. The van der Waals surface area contributed by atoms with Crippen molar-refractivity contribution < 1.29 is 14.6 Å². The standard InChI is InChI=1S/C13H17NO3/c1-4-13(3,16)9-5-6-11-10(7-9)14-12(15)8(2)17-11/h5-8,16H,4H2,1-3H3,(H,14,15). The maximum absolute atomic E-state index is 11.5. The number of carbonyl (C=O) groups is 1. The van der Waals surface area contributed by atoms with Crippen LogP contribution in [0.1, 0.15) is 32.8 Å². The van der Waals surface area contributed by atoms with Crippen molar-refractivity contribution >= 4 is 11.6 Å². The van der Waals surface area contributed by atoms with E-state index in [1.165, 1.54) is 0 Å². The van der Waals surface area contributed by atoms with Gasteiger partial charge in [0.15, 0.2) is 6.10 Å². The summed E-state index contributed by atoms with van der Waals surface area (Å²) >= 11 is 0. The molecule has 0 aliphatic carbocycles. The molecule has 2 N–H and O–H groups in total. The topological polar surface area (TPSA) is 58.6 Å². The summed E-state index contributed by atoms with van der Waals surface area (Å²) in [6.45, 7) is 5.37. The summed E-state index contributed by atoms with van der Waals surface area (Å²) in [7, 11) is 0. The first-order chi connectivity index (χ1) is 7.94. The zero-order chi connectivity index (χ0) is 12.6. The van der Waals surface area contributed by atoms with Crippen molar-refractivity contribution in [2.75, 3.05) is 5.32 Å². The summed E-state index contributed by atoms with van der Waals surface area (Å²) in [6.07, 6.45) is 0.136. The van der Waals surface area contributed by atoms with Gasteiger partial charge in [0.05, 0.1) is 11.3 Å². The molecule has 4 nitrogen and oxygen atoms in total. The molecule has 2 unspecified atom stereocenters. The van der Waals surface area contributed by atoms with E-state index in [0.717, 1.165) is 5.56 Å². The van der Waals surface area contributed by atoms with Crippen molar-refractivity contribution in [3.8, 4) is 5.75 Å². The maximum atomic E-state index is 11.5. The van der Waals surface area contributed by atoms with E-state index in [4.69, 9.17) is 4.74 Å². The Balaban J connectivity index is 2.38. The molecule has 0 saturated heterocycles. The van der Waals surface area contributed by atoms with Gasteiger partial charge in [-0.25, -0.2) is 0 Å². The summed E-state index contributed by atoms with van der Waals surface area (Å²) in [5, 5.41) is 12.9. The number of aliphatic hydroxyl groups is 1. The van der Waals surface area contributed by atoms with Gasteiger partial charge in [0.2, 0.25) is 0 Å². The molecule has 1 aromatic carbocycles. The number of rotatable bonds is 2. The lowest BCUT2D eigenvalue weighted by Crippen LogP contribution is -2.34. The van der Waals surface area contributed by atoms with Gasteiger partial charge in [-0.3, -0.25) is 4.79 Å². The summed E-state index contributed by atoms with van der Waals surface area (Å²) in [4.78, 5) is 11.5. The van der Waals surface area contributed by atoms with Crippen LogP contribution in [0.15, 0.2) is 18.2 Å². The molecule has 0 bridgehead atoms. The van der Waals surface area contributed by atoms with Crippen LogP contribution in [0.3, 0.4) is 0 Å². The molecule has 0 spiro atoms. The molecule has 2 atom stereocenters. The highest BCUT2D eigenvalue weighted by Crippen LogP contribution is 2.34. The zero-order valence-corrected chi connectivity index (χ0v) is 10.3. The lowest BCUT2D eigenvalue weighted by atomic mass is 9.92. The molecule has 0 radical (unpaired) electrons. The van der Waals surface area contributed by atoms with Crippen LogP contribution in [0.25, 0.3) is 0 Å². The molecule has 1 heterocycles. The number of anilines is 1. The lowest BCUT2D eigenvalue weighted by Gasteiger charge is -2.27. The Hall–Kier alpha value is -1.55. The minimum Gasteiger partial charge on any atom is -0.479 e. The van der Waals surface area contributed by atoms with Crippen LogP contribution < -0.4 is 10.1 Å². The van der Waals surface area contributed by atoms with Crippen molar-refractivity contribution in [1.29, 1.82) is 0 Å². The number of hydrogen-bond donors (Lipinski definition) is 2. The first kappa shape index (κ1) is 11.9. The van der Waals surface area contributed by atoms with Crippen molar-refractivity contribution in [2.45, 2.75) is 38.9 Å². The van der Waals surface area contributed by atoms with E-state index in [0.29, 0.717) is 17.9 Å². The highest BCUT2D eigenvalue weighted by molar-refractivity contribution is 5.97. The van der Waals surface area contributed by atoms with E-state index in [2.05, 4.69) is 5.32 Å². The minimum absolute atomic E-state index is 0.161. The Bertz CT molecular complexity index is 454. The third-order valence-corrected chi connectivity index (χ3v) is 3.22. The Morgan fingerprint density at radius 2 is 2.24 bits per heavy atom. The molecule has 0 saturated carbocycles. The molecule has 92 valence electrons. The summed E-state index contributed by atoms with van der Waals surface area (Å²) < 4.78 is 5.45. The fourth-order valence-corrected chi connectivity index (χ4v) is 1.75. The Morgan fingerprint density at radius 3 is 2.88 bits per heavy atom. The second-order valence-corrected chi connectivity index (χ2v) is 4.59. The smallest absolute Gasteiger partial charge is 0.265 e. The van der Waals surface area contributed by atoms with E-state index in [1.807, 2.05) is 13.0 Å². The average Bonchev–Trinajstić information content (AvgIpc) is 2.30. The molecule has 2 rings (SSSR count). The van der Waals surface area contributed by atoms with Gasteiger partial charge in [0, 0.05) is 0 Å². The number of ether oxygens (including phenoxy) is 1. The van der Waals surface area contributed by atoms with Gasteiger partial charge < -0.3 is 15.2 Å². The van der Waals surface area contributed by atoms with Gasteiger partial charge in [-0.2, -0.15) is 0 Å². The van der Waals surface area contributed by atoms with Gasteiger partial charge in [0.25, 0.3) is 5.91 Å². The fraction of sp³-hybridized carbons (Fsp3) is 0.462. The van der Waals surface area contributed by atoms with Gasteiger partial charge in [0.1, 0.15) is 5.75 Å². The molecular weight excluding hydrogens is 218 g/mol. The molecule has 0 fully saturated rings. The number of amides is 1. The van der Waals surface area contributed by atoms with Crippen molar-refractivity contribution in [3.05, 3.63) is 23.8 Å². The van der Waals surface area contributed by atoms with Crippen LogP contribution in [0.4, 0.5) is 5.69 Å². The highest BCUT2D eigenvalue weighted by Gasteiger charge is 2.27. The normalized spacial score (nSPS) is 22.1. The second kappa shape index (κ2) is 4.04. The van der Waals surface area contributed by atoms with Crippen LogP contribution in [0, 0.1) is 0 Å². The van der Waals surface area contributed by atoms with Crippen LogP contribution >= 0.6 is 0 Å². The maximum Gasteiger partial charge on any atom is 0.265 e. The minimum atomic E-state index is -0.886. The summed E-state index contributed by atoms with van der Waals surface area (Å²) in [5.41, 5.74) is 0.513. The molecule has 1 aliphatic heterocycles. The second-order valence-electron chi connectivity index (χ2n) is 4.59. The number of fused-ring (bicyclic) bond motifs is 1. The SMILES string of the molecule is CCC(C)(O)c1ccc2c(c1)NC(=O)C(C)O2. The molecule has 0 aromatic heterocycles. The third kappa shape index (κ3) is 2.13. The molecule has 4 heteroatoms. The molecule has 1 amide bonds.